The van der Waals surface area contributed by atoms with Gasteiger partial charge < -0.3 is 0 Å². The second-order valence-corrected chi connectivity index (χ2v) is 8.24. The van der Waals surface area contributed by atoms with Crippen LogP contribution in [0.25, 0.3) is 0 Å². The molecule has 168 valence electrons. The van der Waals surface area contributed by atoms with Gasteiger partial charge in [-0.2, -0.15) is 36.9 Å². The molecule has 0 bridgehead atoms. The Hall–Kier alpha value is -1.96. The van der Waals surface area contributed by atoms with Gasteiger partial charge in [-0.25, -0.2) is 0 Å². The van der Waals surface area contributed by atoms with Crippen LogP contribution in [0.5, 0.6) is 0 Å². The number of hydrogen-bond donors (Lipinski definition) is 0. The highest BCUT2D eigenvalue weighted by molar-refractivity contribution is 8.00. The number of nitrogens with zero attached hydrogens (tertiary/aromatic N) is 2. The van der Waals surface area contributed by atoms with Gasteiger partial charge in [0.05, 0.1) is 27.5 Å². The normalized spacial score (nSPS) is 15.9. The maximum absolute atomic E-state index is 13.5. The van der Waals surface area contributed by atoms with Crippen LogP contribution in [0, 0.1) is 22.7 Å². The van der Waals surface area contributed by atoms with Crippen molar-refractivity contribution >= 4 is 21.0 Å². The number of benzene rings is 1. The molecule has 0 fully saturated rings. The first-order valence-corrected chi connectivity index (χ1v) is 11.0. The van der Waals surface area contributed by atoms with Gasteiger partial charge in [0.25, 0.3) is 0 Å². The molecule has 0 aromatic heterocycles. The molecule has 1 aliphatic rings. The first kappa shape index (κ1) is 27.1. The predicted octanol–water partition coefficient (Wildman–Crippen LogP) is 7.67. The summed E-state index contributed by atoms with van der Waals surface area (Å²) in [5.41, 5.74) is -4.82. The minimum atomic E-state index is -5.19. The zero-order valence-corrected chi connectivity index (χ0v) is 19.0. The summed E-state index contributed by atoms with van der Waals surface area (Å²) in [6.45, 7) is 6.00. The van der Waals surface area contributed by atoms with Crippen LogP contribution in [0.3, 0.4) is 0 Å². The summed E-state index contributed by atoms with van der Waals surface area (Å²) in [5.74, 6) is 0. The quantitative estimate of drug-likeness (QED) is 0.322. The lowest BCUT2D eigenvalue weighted by atomic mass is 10.1. The summed E-state index contributed by atoms with van der Waals surface area (Å²) >= 11 is 0.328. The highest BCUT2D eigenvalue weighted by Crippen LogP contribution is 2.53. The van der Waals surface area contributed by atoms with Gasteiger partial charge in [-0.3, -0.25) is 0 Å². The van der Waals surface area contributed by atoms with Gasteiger partial charge in [0.1, 0.15) is 12.1 Å². The minimum Gasteiger partial charge on any atom is -0.192 e. The third-order valence-corrected chi connectivity index (χ3v) is 6.28. The highest BCUT2D eigenvalue weighted by atomic mass is 32.2. The van der Waals surface area contributed by atoms with Crippen molar-refractivity contribution in [1.29, 1.82) is 10.5 Å². The number of hydrogen-bond acceptors (Lipinski definition) is 3. The third kappa shape index (κ3) is 6.28. The lowest BCUT2D eigenvalue weighted by Crippen LogP contribution is -2.27. The van der Waals surface area contributed by atoms with Gasteiger partial charge in [-0.15, -0.1) is 21.0 Å². The predicted molar refractivity (Wildman–Crippen MR) is 112 cm³/mol. The maximum Gasteiger partial charge on any atom is 0.415 e. The van der Waals surface area contributed by atoms with Crippen LogP contribution in [0.4, 0.5) is 26.3 Å². The van der Waals surface area contributed by atoms with E-state index in [0.717, 1.165) is 30.5 Å². The summed E-state index contributed by atoms with van der Waals surface area (Å²) in [6.07, 6.45) is -8.60. The molecule has 0 heterocycles. The van der Waals surface area contributed by atoms with Gasteiger partial charge in [0, 0.05) is 4.90 Å². The molecule has 2 nitrogen and oxygen atoms in total. The molecule has 2 unspecified atom stereocenters. The van der Waals surface area contributed by atoms with Crippen molar-refractivity contribution in [3.63, 3.8) is 0 Å². The molecule has 0 radical (unpaired) electrons. The Labute approximate surface area is 184 Å². The molecular formula is C21H21F6N2PS. The Kier molecular flexibility index (Phi) is 9.67. The van der Waals surface area contributed by atoms with Crippen molar-refractivity contribution in [2.45, 2.75) is 61.8 Å². The molecule has 1 aliphatic carbocycles. The molecule has 31 heavy (non-hydrogen) atoms. The van der Waals surface area contributed by atoms with Gasteiger partial charge in [0.15, 0.2) is 0 Å². The van der Waals surface area contributed by atoms with Gasteiger partial charge in [-0.1, -0.05) is 39.3 Å². The molecule has 0 saturated heterocycles. The van der Waals surface area contributed by atoms with Crippen LogP contribution < -0.4 is 0 Å². The molecule has 0 saturated carbocycles. The fourth-order valence-electron chi connectivity index (χ4n) is 3.01. The Morgan fingerprint density at radius 1 is 0.935 bits per heavy atom. The van der Waals surface area contributed by atoms with Crippen molar-refractivity contribution in [3.05, 3.63) is 52.1 Å². The number of halogens is 6. The molecule has 0 amide bonds. The lowest BCUT2D eigenvalue weighted by Gasteiger charge is -2.22. The number of allylic oxidation sites excluding steroid dienone is 2. The van der Waals surface area contributed by atoms with Crippen molar-refractivity contribution in [1.82, 2.24) is 0 Å². The topological polar surface area (TPSA) is 47.6 Å². The van der Waals surface area contributed by atoms with E-state index in [-0.39, 0.29) is 10.6 Å². The van der Waals surface area contributed by atoms with Crippen LogP contribution in [0.1, 0.15) is 44.8 Å². The minimum absolute atomic E-state index is 0.122. The van der Waals surface area contributed by atoms with E-state index < -0.39 is 39.9 Å². The van der Waals surface area contributed by atoms with Gasteiger partial charge in [-0.05, 0) is 29.8 Å². The maximum atomic E-state index is 13.5. The molecule has 0 N–H and O–H groups in total. The highest BCUT2D eigenvalue weighted by Gasteiger charge is 2.55. The Bertz CT molecular complexity index is 870. The average Bonchev–Trinajstić information content (AvgIpc) is 3.04. The summed E-state index contributed by atoms with van der Waals surface area (Å²) in [4.78, 5) is 0.174. The molecule has 2 rings (SSSR count). The zero-order valence-electron chi connectivity index (χ0n) is 17.0. The van der Waals surface area contributed by atoms with Gasteiger partial charge in [0.2, 0.25) is 0 Å². The number of thioether (sulfide) groups is 1. The van der Waals surface area contributed by atoms with Crippen LogP contribution >= 0.6 is 21.0 Å². The molecule has 10 heteroatoms. The first-order valence-electron chi connectivity index (χ1n) is 9.41. The standard InChI is InChI=1S/C19H15F6N2PS.C2H6/c1-2-3-14(28)10-4-6-11(7-5-10)29-17-15(18(20,21)22)12(8-26)13(9-27)16(17)19(23,24)25;1-2/h4-7,14,17H,2-3,28H2,1H3;1-2H3. The molecule has 2 atom stereocenters. The van der Waals surface area contributed by atoms with E-state index in [1.54, 1.807) is 12.1 Å². The lowest BCUT2D eigenvalue weighted by molar-refractivity contribution is -0.102. The van der Waals surface area contributed by atoms with E-state index in [2.05, 4.69) is 9.24 Å². The number of nitriles is 2. The smallest absolute Gasteiger partial charge is 0.192 e. The molecular weight excluding hydrogens is 457 g/mol. The Balaban J connectivity index is 0.00000233. The monoisotopic (exact) mass is 478 g/mol. The second-order valence-electron chi connectivity index (χ2n) is 6.26. The van der Waals surface area contributed by atoms with E-state index in [0.29, 0.717) is 11.8 Å². The second kappa shape index (κ2) is 11.1. The van der Waals surface area contributed by atoms with E-state index in [4.69, 9.17) is 10.5 Å². The largest absolute Gasteiger partial charge is 0.415 e. The van der Waals surface area contributed by atoms with Crippen molar-refractivity contribution in [2.75, 3.05) is 0 Å². The molecule has 1 aromatic carbocycles. The van der Waals surface area contributed by atoms with Crippen molar-refractivity contribution < 1.29 is 26.3 Å². The van der Waals surface area contributed by atoms with E-state index in [1.807, 2.05) is 20.8 Å². The summed E-state index contributed by atoms with van der Waals surface area (Å²) in [6, 6.07) is 8.48. The summed E-state index contributed by atoms with van der Waals surface area (Å²) in [7, 11) is 2.64. The van der Waals surface area contributed by atoms with Crippen molar-refractivity contribution in [3.8, 4) is 12.1 Å². The Morgan fingerprint density at radius 3 is 1.68 bits per heavy atom. The number of alkyl halides is 6. The van der Waals surface area contributed by atoms with E-state index >= 15 is 0 Å². The van der Waals surface area contributed by atoms with Crippen LogP contribution in [-0.4, -0.2) is 17.6 Å². The Morgan fingerprint density at radius 2 is 1.35 bits per heavy atom. The molecule has 0 spiro atoms. The SMILES string of the molecule is CC.CCCC(P)c1ccc(SC2C(C(F)(F)F)=C(C#N)C(C#N)=C2C(F)(F)F)cc1. The van der Waals surface area contributed by atoms with Crippen LogP contribution in [0.2, 0.25) is 0 Å². The molecule has 1 aromatic rings. The summed E-state index contributed by atoms with van der Waals surface area (Å²) in [5, 5.41) is 15.8. The van der Waals surface area contributed by atoms with Crippen LogP contribution in [0.15, 0.2) is 51.5 Å². The molecule has 0 aliphatic heterocycles. The third-order valence-electron chi connectivity index (χ3n) is 4.31. The van der Waals surface area contributed by atoms with Crippen LogP contribution in [-0.2, 0) is 0 Å². The number of rotatable bonds is 5. The van der Waals surface area contributed by atoms with Crippen molar-refractivity contribution in [2.24, 2.45) is 0 Å². The first-order chi connectivity index (χ1) is 14.5. The zero-order chi connectivity index (χ0) is 24.0. The summed E-state index contributed by atoms with van der Waals surface area (Å²) < 4.78 is 81.3. The fraction of sp³-hybridized carbons (Fsp3) is 0.429. The van der Waals surface area contributed by atoms with E-state index in [1.165, 1.54) is 12.1 Å². The fourth-order valence-corrected chi connectivity index (χ4v) is 4.87. The average molecular weight is 478 g/mol. The van der Waals surface area contributed by atoms with E-state index in [9.17, 15) is 26.3 Å². The van der Waals surface area contributed by atoms with Gasteiger partial charge >= 0.3 is 12.4 Å².